The molecular formula is C21H25N3O3. The second-order valence-corrected chi connectivity index (χ2v) is 7.31. The monoisotopic (exact) mass is 367 g/mol. The molecule has 1 aromatic carbocycles. The summed E-state index contributed by atoms with van der Waals surface area (Å²) in [7, 11) is 0. The Morgan fingerprint density at radius 2 is 1.81 bits per heavy atom. The summed E-state index contributed by atoms with van der Waals surface area (Å²) in [5.41, 5.74) is 2.84. The molecule has 0 bridgehead atoms. The van der Waals surface area contributed by atoms with Gasteiger partial charge in [-0.2, -0.15) is 0 Å². The number of imide groups is 1. The molecule has 1 fully saturated rings. The van der Waals surface area contributed by atoms with E-state index in [0.29, 0.717) is 11.1 Å². The lowest BCUT2D eigenvalue weighted by Crippen LogP contribution is -2.41. The topological polar surface area (TPSA) is 82.3 Å². The highest BCUT2D eigenvalue weighted by atomic mass is 16.2. The Labute approximate surface area is 159 Å². The van der Waals surface area contributed by atoms with Gasteiger partial charge in [0.15, 0.2) is 5.78 Å². The Balaban J connectivity index is 1.81. The number of ketones is 1. The number of benzene rings is 1. The molecule has 0 radical (unpaired) electrons. The molecule has 3 amide bonds. The van der Waals surface area contributed by atoms with E-state index < -0.39 is 17.5 Å². The van der Waals surface area contributed by atoms with Crippen molar-refractivity contribution in [3.63, 3.8) is 0 Å². The zero-order valence-electron chi connectivity index (χ0n) is 16.2. The van der Waals surface area contributed by atoms with E-state index in [0.717, 1.165) is 29.1 Å². The van der Waals surface area contributed by atoms with Gasteiger partial charge in [0.05, 0.1) is 6.54 Å². The number of rotatable bonds is 6. The molecule has 2 heterocycles. The number of hydrogen-bond acceptors (Lipinski definition) is 3. The van der Waals surface area contributed by atoms with Gasteiger partial charge < -0.3 is 10.3 Å². The number of nitrogens with zero attached hydrogens (tertiary/aromatic N) is 1. The fourth-order valence-electron chi connectivity index (χ4n) is 3.57. The average Bonchev–Trinajstić information content (AvgIpc) is 3.07. The van der Waals surface area contributed by atoms with Crippen LogP contribution in [0.3, 0.4) is 0 Å². The first-order chi connectivity index (χ1) is 12.8. The molecule has 6 heteroatoms. The van der Waals surface area contributed by atoms with Gasteiger partial charge in [-0.25, -0.2) is 4.79 Å². The maximum Gasteiger partial charge on any atom is 0.325 e. The van der Waals surface area contributed by atoms with Crippen molar-refractivity contribution in [2.75, 3.05) is 6.54 Å². The highest BCUT2D eigenvalue weighted by Gasteiger charge is 2.49. The standard InChI is InChI=1S/C21H25N3O3/c1-5-6-15-7-9-16(10-8-15)21(4)19(26)24(20(27)23-21)12-18(25)17-11-13(2)22-14(17)3/h7-11,22H,5-6,12H2,1-4H3,(H,23,27)/t21-/m1/s1. The van der Waals surface area contributed by atoms with E-state index in [1.165, 1.54) is 5.56 Å². The Morgan fingerprint density at radius 1 is 1.15 bits per heavy atom. The summed E-state index contributed by atoms with van der Waals surface area (Å²) in [5, 5.41) is 2.75. The van der Waals surface area contributed by atoms with Gasteiger partial charge in [0, 0.05) is 17.0 Å². The van der Waals surface area contributed by atoms with Crippen LogP contribution in [0.4, 0.5) is 4.79 Å². The number of amides is 3. The molecule has 1 atom stereocenters. The fraction of sp³-hybridized carbons (Fsp3) is 0.381. The van der Waals surface area contributed by atoms with Crippen molar-refractivity contribution in [3.8, 4) is 0 Å². The van der Waals surface area contributed by atoms with E-state index in [1.54, 1.807) is 19.9 Å². The average molecular weight is 367 g/mol. The maximum atomic E-state index is 13.0. The van der Waals surface area contributed by atoms with Crippen LogP contribution >= 0.6 is 0 Å². The van der Waals surface area contributed by atoms with Crippen LogP contribution in [0.1, 0.15) is 53.1 Å². The first kappa shape index (κ1) is 18.9. The number of aromatic nitrogens is 1. The van der Waals surface area contributed by atoms with E-state index in [1.807, 2.05) is 31.2 Å². The predicted molar refractivity (Wildman–Crippen MR) is 103 cm³/mol. The van der Waals surface area contributed by atoms with Crippen molar-refractivity contribution < 1.29 is 14.4 Å². The van der Waals surface area contributed by atoms with Gasteiger partial charge in [0.1, 0.15) is 5.54 Å². The second-order valence-electron chi connectivity index (χ2n) is 7.31. The van der Waals surface area contributed by atoms with Crippen molar-refractivity contribution in [3.05, 3.63) is 58.4 Å². The highest BCUT2D eigenvalue weighted by molar-refractivity contribution is 6.11. The zero-order valence-corrected chi connectivity index (χ0v) is 16.2. The smallest absolute Gasteiger partial charge is 0.325 e. The number of H-pyrrole nitrogens is 1. The molecule has 6 nitrogen and oxygen atoms in total. The minimum Gasteiger partial charge on any atom is -0.362 e. The Bertz CT molecular complexity index is 898. The van der Waals surface area contributed by atoms with Gasteiger partial charge in [-0.3, -0.25) is 14.5 Å². The molecular weight excluding hydrogens is 342 g/mol. The minimum atomic E-state index is -1.16. The van der Waals surface area contributed by atoms with E-state index in [-0.39, 0.29) is 12.3 Å². The normalized spacial score (nSPS) is 19.5. The van der Waals surface area contributed by atoms with Gasteiger partial charge >= 0.3 is 6.03 Å². The van der Waals surface area contributed by atoms with E-state index >= 15 is 0 Å². The maximum absolute atomic E-state index is 13.0. The van der Waals surface area contributed by atoms with Crippen LogP contribution in [0.15, 0.2) is 30.3 Å². The van der Waals surface area contributed by atoms with Gasteiger partial charge in [0.2, 0.25) is 0 Å². The van der Waals surface area contributed by atoms with E-state index in [9.17, 15) is 14.4 Å². The first-order valence-electron chi connectivity index (χ1n) is 9.19. The third-order valence-corrected chi connectivity index (χ3v) is 5.10. The van der Waals surface area contributed by atoms with Crippen LogP contribution in [0.5, 0.6) is 0 Å². The van der Waals surface area contributed by atoms with Crippen LogP contribution in [-0.4, -0.2) is 34.2 Å². The number of carbonyl (C=O) groups excluding carboxylic acids is 3. The lowest BCUT2D eigenvalue weighted by Gasteiger charge is -2.22. The molecule has 1 aromatic heterocycles. The van der Waals surface area contributed by atoms with E-state index in [4.69, 9.17) is 0 Å². The summed E-state index contributed by atoms with van der Waals surface area (Å²) in [6.07, 6.45) is 2.01. The van der Waals surface area contributed by atoms with Crippen molar-refractivity contribution in [1.82, 2.24) is 15.2 Å². The highest BCUT2D eigenvalue weighted by Crippen LogP contribution is 2.29. The molecule has 0 unspecified atom stereocenters. The van der Waals surface area contributed by atoms with Crippen molar-refractivity contribution in [2.24, 2.45) is 0 Å². The van der Waals surface area contributed by atoms with Crippen LogP contribution in [0, 0.1) is 13.8 Å². The largest absolute Gasteiger partial charge is 0.362 e. The van der Waals surface area contributed by atoms with Gasteiger partial charge in [-0.1, -0.05) is 37.6 Å². The van der Waals surface area contributed by atoms with Crippen LogP contribution in [0.2, 0.25) is 0 Å². The lowest BCUT2D eigenvalue weighted by atomic mass is 9.91. The SMILES string of the molecule is CCCc1ccc([C@@]2(C)NC(=O)N(CC(=O)c3cc(C)[nH]c3C)C2=O)cc1. The van der Waals surface area contributed by atoms with Gasteiger partial charge in [-0.15, -0.1) is 0 Å². The molecule has 142 valence electrons. The number of nitrogens with one attached hydrogen (secondary N) is 2. The number of hydrogen-bond donors (Lipinski definition) is 2. The molecule has 2 N–H and O–H groups in total. The molecule has 2 aromatic rings. The minimum absolute atomic E-state index is 0.261. The molecule has 1 saturated heterocycles. The van der Waals surface area contributed by atoms with E-state index in [2.05, 4.69) is 17.2 Å². The Kier molecular flexibility index (Phi) is 4.91. The molecule has 0 aliphatic carbocycles. The predicted octanol–water partition coefficient (Wildman–Crippen LogP) is 3.23. The summed E-state index contributed by atoms with van der Waals surface area (Å²) in [6.45, 7) is 7.17. The van der Waals surface area contributed by atoms with Crippen molar-refractivity contribution >= 4 is 17.7 Å². The Hall–Kier alpha value is -2.89. The number of carbonyl (C=O) groups is 3. The summed E-state index contributed by atoms with van der Waals surface area (Å²) < 4.78 is 0. The molecule has 3 rings (SSSR count). The van der Waals surface area contributed by atoms with Gasteiger partial charge in [0.25, 0.3) is 5.91 Å². The first-order valence-corrected chi connectivity index (χ1v) is 9.19. The van der Waals surface area contributed by atoms with Crippen molar-refractivity contribution in [1.29, 1.82) is 0 Å². The third-order valence-electron chi connectivity index (χ3n) is 5.10. The Morgan fingerprint density at radius 3 is 2.37 bits per heavy atom. The number of aryl methyl sites for hydroxylation is 3. The van der Waals surface area contributed by atoms with Crippen molar-refractivity contribution in [2.45, 2.75) is 46.1 Å². The summed E-state index contributed by atoms with van der Waals surface area (Å²) >= 11 is 0. The number of aromatic amines is 1. The fourth-order valence-corrected chi connectivity index (χ4v) is 3.57. The van der Waals surface area contributed by atoms with Gasteiger partial charge in [-0.05, 0) is 44.4 Å². The molecule has 27 heavy (non-hydrogen) atoms. The summed E-state index contributed by atoms with van der Waals surface area (Å²) in [6, 6.07) is 8.88. The number of urea groups is 1. The molecule has 0 saturated carbocycles. The summed E-state index contributed by atoms with van der Waals surface area (Å²) in [4.78, 5) is 42.1. The zero-order chi connectivity index (χ0) is 19.8. The van der Waals surface area contributed by atoms with Crippen LogP contribution < -0.4 is 5.32 Å². The van der Waals surface area contributed by atoms with Crippen LogP contribution in [-0.2, 0) is 16.8 Å². The number of Topliss-reactive ketones (excluding diaryl/α,β-unsaturated/α-hetero) is 1. The molecule has 0 spiro atoms. The quantitative estimate of drug-likeness (QED) is 0.607. The molecule has 1 aliphatic rings. The second kappa shape index (κ2) is 7.02. The lowest BCUT2D eigenvalue weighted by molar-refractivity contribution is -0.130. The van der Waals surface area contributed by atoms with Crippen LogP contribution in [0.25, 0.3) is 0 Å². The third kappa shape index (κ3) is 3.39. The molecule has 1 aliphatic heterocycles. The summed E-state index contributed by atoms with van der Waals surface area (Å²) in [5.74, 6) is -0.670.